The third-order valence-corrected chi connectivity index (χ3v) is 5.40. The van der Waals surface area contributed by atoms with Crippen LogP contribution >= 0.6 is 0 Å². The van der Waals surface area contributed by atoms with Gasteiger partial charge in [0.15, 0.2) is 0 Å². The molecule has 2 unspecified atom stereocenters. The molecule has 2 atom stereocenters. The molecule has 3 N–H and O–H groups in total. The SMILES string of the molecule is NC1CCCC(C(=O)NC2(c3cccc(C(F)(F)F)c3)CCC2)C1. The van der Waals surface area contributed by atoms with Crippen LogP contribution in [0.2, 0.25) is 0 Å². The van der Waals surface area contributed by atoms with Crippen molar-refractivity contribution in [2.24, 2.45) is 11.7 Å². The summed E-state index contributed by atoms with van der Waals surface area (Å²) in [6.45, 7) is 0. The molecule has 3 rings (SSSR count). The summed E-state index contributed by atoms with van der Waals surface area (Å²) < 4.78 is 38.9. The Labute approximate surface area is 139 Å². The van der Waals surface area contributed by atoms with Crippen LogP contribution in [0.25, 0.3) is 0 Å². The second kappa shape index (κ2) is 6.39. The fourth-order valence-electron chi connectivity index (χ4n) is 3.81. The van der Waals surface area contributed by atoms with E-state index in [4.69, 9.17) is 5.73 Å². The molecule has 1 aromatic rings. The largest absolute Gasteiger partial charge is 0.416 e. The second-order valence-electron chi connectivity index (χ2n) is 7.13. The maximum absolute atomic E-state index is 13.0. The van der Waals surface area contributed by atoms with Gasteiger partial charge < -0.3 is 11.1 Å². The van der Waals surface area contributed by atoms with Crippen LogP contribution in [0.3, 0.4) is 0 Å². The van der Waals surface area contributed by atoms with Crippen LogP contribution in [0.5, 0.6) is 0 Å². The van der Waals surface area contributed by atoms with Crippen molar-refractivity contribution in [1.82, 2.24) is 5.32 Å². The first kappa shape index (κ1) is 17.3. The molecule has 2 saturated carbocycles. The highest BCUT2D eigenvalue weighted by Crippen LogP contribution is 2.43. The van der Waals surface area contributed by atoms with E-state index in [1.807, 2.05) is 0 Å². The van der Waals surface area contributed by atoms with Crippen LogP contribution in [0.15, 0.2) is 24.3 Å². The normalized spacial score (nSPS) is 26.5. The van der Waals surface area contributed by atoms with Crippen LogP contribution in [-0.4, -0.2) is 11.9 Å². The van der Waals surface area contributed by atoms with Gasteiger partial charge in [0.1, 0.15) is 0 Å². The minimum absolute atomic E-state index is 0.0420. The summed E-state index contributed by atoms with van der Waals surface area (Å²) >= 11 is 0. The molecule has 0 aromatic heterocycles. The number of rotatable bonds is 3. The lowest BCUT2D eigenvalue weighted by Crippen LogP contribution is -2.53. The van der Waals surface area contributed by atoms with Gasteiger partial charge in [-0.25, -0.2) is 0 Å². The van der Waals surface area contributed by atoms with Crippen molar-refractivity contribution < 1.29 is 18.0 Å². The molecule has 1 amide bonds. The molecule has 0 spiro atoms. The minimum Gasteiger partial charge on any atom is -0.346 e. The van der Waals surface area contributed by atoms with Gasteiger partial charge in [0.2, 0.25) is 5.91 Å². The third kappa shape index (κ3) is 3.43. The molecule has 6 heteroatoms. The van der Waals surface area contributed by atoms with E-state index in [0.717, 1.165) is 31.7 Å². The van der Waals surface area contributed by atoms with Gasteiger partial charge in [-0.1, -0.05) is 18.6 Å². The number of carbonyl (C=O) groups is 1. The van der Waals surface area contributed by atoms with Gasteiger partial charge in [-0.3, -0.25) is 4.79 Å². The van der Waals surface area contributed by atoms with Crippen molar-refractivity contribution >= 4 is 5.91 Å². The van der Waals surface area contributed by atoms with Crippen molar-refractivity contribution in [3.05, 3.63) is 35.4 Å². The van der Waals surface area contributed by atoms with E-state index in [1.54, 1.807) is 6.07 Å². The van der Waals surface area contributed by atoms with E-state index in [2.05, 4.69) is 5.32 Å². The Morgan fingerprint density at radius 1 is 1.21 bits per heavy atom. The summed E-state index contributed by atoms with van der Waals surface area (Å²) in [6.07, 6.45) is 1.21. The van der Waals surface area contributed by atoms with Gasteiger partial charge >= 0.3 is 6.18 Å². The summed E-state index contributed by atoms with van der Waals surface area (Å²) in [7, 11) is 0. The Balaban J connectivity index is 1.78. The summed E-state index contributed by atoms with van der Waals surface area (Å²) in [5.74, 6) is -0.195. The van der Waals surface area contributed by atoms with E-state index in [0.29, 0.717) is 24.8 Å². The van der Waals surface area contributed by atoms with Crippen LogP contribution in [-0.2, 0) is 16.5 Å². The molecule has 0 radical (unpaired) electrons. The van der Waals surface area contributed by atoms with Gasteiger partial charge in [-0.15, -0.1) is 0 Å². The van der Waals surface area contributed by atoms with E-state index in [-0.39, 0.29) is 17.9 Å². The van der Waals surface area contributed by atoms with Gasteiger partial charge in [0.05, 0.1) is 11.1 Å². The average molecular weight is 340 g/mol. The predicted molar refractivity (Wildman–Crippen MR) is 85.0 cm³/mol. The van der Waals surface area contributed by atoms with E-state index in [9.17, 15) is 18.0 Å². The van der Waals surface area contributed by atoms with E-state index in [1.165, 1.54) is 12.1 Å². The Bertz CT molecular complexity index is 611. The van der Waals surface area contributed by atoms with Crippen molar-refractivity contribution in [3.63, 3.8) is 0 Å². The van der Waals surface area contributed by atoms with Gasteiger partial charge in [0, 0.05) is 12.0 Å². The highest BCUT2D eigenvalue weighted by atomic mass is 19.4. The number of halogens is 3. The number of amides is 1. The molecule has 132 valence electrons. The van der Waals surface area contributed by atoms with Gasteiger partial charge in [-0.2, -0.15) is 13.2 Å². The van der Waals surface area contributed by atoms with Gasteiger partial charge in [-0.05, 0) is 56.2 Å². The van der Waals surface area contributed by atoms with Crippen LogP contribution in [0.4, 0.5) is 13.2 Å². The first-order valence-corrected chi connectivity index (χ1v) is 8.55. The molecule has 2 aliphatic carbocycles. The van der Waals surface area contributed by atoms with E-state index >= 15 is 0 Å². The van der Waals surface area contributed by atoms with Gasteiger partial charge in [0.25, 0.3) is 0 Å². The standard InChI is InChI=1S/C18H23F3N2O/c19-18(20,21)14-6-2-5-13(11-14)17(8-3-9-17)23-16(24)12-4-1-7-15(22)10-12/h2,5-6,11-12,15H,1,3-4,7-10,22H2,(H,23,24). The number of hydrogen-bond donors (Lipinski definition) is 2. The first-order chi connectivity index (χ1) is 11.3. The van der Waals surface area contributed by atoms with Crippen molar-refractivity contribution in [3.8, 4) is 0 Å². The monoisotopic (exact) mass is 340 g/mol. The lowest BCUT2D eigenvalue weighted by Gasteiger charge is -2.44. The van der Waals surface area contributed by atoms with Crippen LogP contribution in [0, 0.1) is 5.92 Å². The van der Waals surface area contributed by atoms with E-state index < -0.39 is 17.3 Å². The Morgan fingerprint density at radius 2 is 1.96 bits per heavy atom. The number of carbonyl (C=O) groups excluding carboxylic acids is 1. The van der Waals surface area contributed by atoms with Crippen LogP contribution in [0.1, 0.15) is 56.1 Å². The summed E-state index contributed by atoms with van der Waals surface area (Å²) in [4.78, 5) is 12.6. The molecule has 24 heavy (non-hydrogen) atoms. The van der Waals surface area contributed by atoms with Crippen LogP contribution < -0.4 is 11.1 Å². The molecule has 0 saturated heterocycles. The van der Waals surface area contributed by atoms with Crippen molar-refractivity contribution in [2.45, 2.75) is 62.7 Å². The molecule has 2 aliphatic rings. The molecule has 0 aliphatic heterocycles. The number of nitrogens with one attached hydrogen (secondary N) is 1. The maximum Gasteiger partial charge on any atom is 0.416 e. The topological polar surface area (TPSA) is 55.1 Å². The first-order valence-electron chi connectivity index (χ1n) is 8.55. The summed E-state index contributed by atoms with van der Waals surface area (Å²) in [5.41, 5.74) is 5.18. The quantitative estimate of drug-likeness (QED) is 0.881. The summed E-state index contributed by atoms with van der Waals surface area (Å²) in [6, 6.07) is 5.38. The zero-order valence-corrected chi connectivity index (χ0v) is 13.5. The molecule has 0 heterocycles. The molecule has 3 nitrogen and oxygen atoms in total. The predicted octanol–water partition coefficient (Wildman–Crippen LogP) is 3.72. The molecule has 2 fully saturated rings. The lowest BCUT2D eigenvalue weighted by atomic mass is 9.71. The molecule has 1 aromatic carbocycles. The zero-order valence-electron chi connectivity index (χ0n) is 13.5. The lowest BCUT2D eigenvalue weighted by molar-refractivity contribution is -0.137. The number of benzene rings is 1. The number of alkyl halides is 3. The zero-order chi connectivity index (χ0) is 17.4. The van der Waals surface area contributed by atoms with Crippen molar-refractivity contribution in [1.29, 1.82) is 0 Å². The Morgan fingerprint density at radius 3 is 2.54 bits per heavy atom. The maximum atomic E-state index is 13.0. The highest BCUT2D eigenvalue weighted by molar-refractivity contribution is 5.80. The van der Waals surface area contributed by atoms with Crippen molar-refractivity contribution in [2.75, 3.05) is 0 Å². The molecule has 0 bridgehead atoms. The number of hydrogen-bond acceptors (Lipinski definition) is 2. The average Bonchev–Trinajstić information content (AvgIpc) is 2.50. The molecular formula is C18H23F3N2O. The number of nitrogens with two attached hydrogens (primary N) is 1. The smallest absolute Gasteiger partial charge is 0.346 e. The third-order valence-electron chi connectivity index (χ3n) is 5.40. The Hall–Kier alpha value is -1.56. The fourth-order valence-corrected chi connectivity index (χ4v) is 3.81. The minimum atomic E-state index is -4.37. The molecular weight excluding hydrogens is 317 g/mol. The fraction of sp³-hybridized carbons (Fsp3) is 0.611. The Kier molecular flexibility index (Phi) is 4.60. The summed E-state index contributed by atoms with van der Waals surface area (Å²) in [5, 5.41) is 3.05. The highest BCUT2D eigenvalue weighted by Gasteiger charge is 2.42. The second-order valence-corrected chi connectivity index (χ2v) is 7.13.